The van der Waals surface area contributed by atoms with Gasteiger partial charge >= 0.3 is 0 Å². The number of sulfone groups is 1. The van der Waals surface area contributed by atoms with E-state index in [1.807, 2.05) is 36.1 Å². The summed E-state index contributed by atoms with van der Waals surface area (Å²) in [6.07, 6.45) is 0. The van der Waals surface area contributed by atoms with E-state index < -0.39 is 9.84 Å². The molecule has 0 aliphatic carbocycles. The Morgan fingerprint density at radius 1 is 0.967 bits per heavy atom. The van der Waals surface area contributed by atoms with Gasteiger partial charge in [0.2, 0.25) is 32.5 Å². The van der Waals surface area contributed by atoms with Crippen molar-refractivity contribution in [3.05, 3.63) is 60.2 Å². The molecule has 30 heavy (non-hydrogen) atoms. The van der Waals surface area contributed by atoms with E-state index in [9.17, 15) is 13.2 Å². The molecule has 0 radical (unpaired) electrons. The lowest BCUT2D eigenvalue weighted by molar-refractivity contribution is -0.129. The number of oxazole rings is 1. The van der Waals surface area contributed by atoms with E-state index >= 15 is 0 Å². The number of rotatable bonds is 4. The third-order valence-electron chi connectivity index (χ3n) is 5.20. The molecule has 8 heteroatoms. The minimum atomic E-state index is -3.87. The summed E-state index contributed by atoms with van der Waals surface area (Å²) in [6, 6.07) is 15.8. The number of anilines is 1. The molecule has 0 spiro atoms. The molecule has 0 bridgehead atoms. The zero-order valence-corrected chi connectivity index (χ0v) is 17.7. The van der Waals surface area contributed by atoms with E-state index in [4.69, 9.17) is 4.42 Å². The van der Waals surface area contributed by atoms with Crippen molar-refractivity contribution in [3.8, 4) is 11.5 Å². The normalized spacial score (nSPS) is 14.7. The third-order valence-corrected chi connectivity index (χ3v) is 6.87. The minimum absolute atomic E-state index is 0.00435. The van der Waals surface area contributed by atoms with Gasteiger partial charge in [-0.2, -0.15) is 4.98 Å². The maximum Gasteiger partial charge on any atom is 0.236 e. The second-order valence-corrected chi connectivity index (χ2v) is 9.17. The van der Waals surface area contributed by atoms with Crippen LogP contribution in [0.25, 0.3) is 11.5 Å². The van der Waals surface area contributed by atoms with Crippen molar-refractivity contribution >= 4 is 21.6 Å². The van der Waals surface area contributed by atoms with Crippen molar-refractivity contribution in [2.75, 3.05) is 31.1 Å². The van der Waals surface area contributed by atoms with Gasteiger partial charge in [-0.05, 0) is 31.2 Å². The number of hydrogen-bond acceptors (Lipinski definition) is 6. The molecule has 156 valence electrons. The van der Waals surface area contributed by atoms with Gasteiger partial charge in [-0.25, -0.2) is 8.42 Å². The van der Waals surface area contributed by atoms with Crippen LogP contribution in [0.1, 0.15) is 12.5 Å². The summed E-state index contributed by atoms with van der Waals surface area (Å²) in [4.78, 5) is 19.8. The molecule has 2 heterocycles. The Morgan fingerprint density at radius 2 is 1.60 bits per heavy atom. The average molecular weight is 426 g/mol. The van der Waals surface area contributed by atoms with E-state index in [0.717, 1.165) is 5.56 Å². The molecule has 1 saturated heterocycles. The summed E-state index contributed by atoms with van der Waals surface area (Å²) in [5, 5.41) is -0.0967. The van der Waals surface area contributed by atoms with Crippen molar-refractivity contribution in [2.24, 2.45) is 0 Å². The van der Waals surface area contributed by atoms with Gasteiger partial charge in [-0.3, -0.25) is 4.79 Å². The molecular formula is C22H23N3O4S. The molecule has 1 amide bonds. The van der Waals surface area contributed by atoms with E-state index in [2.05, 4.69) is 4.98 Å². The smallest absolute Gasteiger partial charge is 0.236 e. The van der Waals surface area contributed by atoms with Gasteiger partial charge in [0.25, 0.3) is 0 Å². The lowest BCUT2D eigenvalue weighted by atomic mass is 10.1. The Hall–Kier alpha value is -3.13. The molecule has 0 atom stereocenters. The van der Waals surface area contributed by atoms with Crippen molar-refractivity contribution in [3.63, 3.8) is 0 Å². The largest absolute Gasteiger partial charge is 0.419 e. The number of aromatic nitrogens is 1. The molecule has 0 unspecified atom stereocenters. The molecule has 1 aliphatic rings. The second kappa shape index (κ2) is 7.95. The summed E-state index contributed by atoms with van der Waals surface area (Å²) < 4.78 is 32.7. The highest BCUT2D eigenvalue weighted by atomic mass is 32.2. The molecule has 3 aromatic rings. The van der Waals surface area contributed by atoms with Gasteiger partial charge in [0.15, 0.2) is 0 Å². The molecule has 1 fully saturated rings. The van der Waals surface area contributed by atoms with E-state index in [1.165, 1.54) is 6.92 Å². The van der Waals surface area contributed by atoms with Gasteiger partial charge in [0, 0.05) is 38.7 Å². The first-order chi connectivity index (χ1) is 14.4. The Kier molecular flexibility index (Phi) is 5.34. The summed E-state index contributed by atoms with van der Waals surface area (Å²) >= 11 is 0. The minimum Gasteiger partial charge on any atom is -0.419 e. The number of amides is 1. The Balaban J connectivity index is 1.78. The monoisotopic (exact) mass is 425 g/mol. The van der Waals surface area contributed by atoms with Gasteiger partial charge in [-0.15, -0.1) is 0 Å². The Morgan fingerprint density at radius 3 is 2.20 bits per heavy atom. The van der Waals surface area contributed by atoms with Crippen molar-refractivity contribution in [1.29, 1.82) is 0 Å². The first kappa shape index (κ1) is 20.2. The number of aryl methyl sites for hydroxylation is 1. The maximum absolute atomic E-state index is 13.4. The van der Waals surface area contributed by atoms with Crippen LogP contribution in [0.3, 0.4) is 0 Å². The number of piperazine rings is 1. The maximum atomic E-state index is 13.4. The number of nitrogens with zero attached hydrogens (tertiary/aromatic N) is 3. The Bertz CT molecular complexity index is 1150. The van der Waals surface area contributed by atoms with Crippen molar-refractivity contribution < 1.29 is 17.6 Å². The molecule has 2 aromatic carbocycles. The fraction of sp³-hybridized carbons (Fsp3) is 0.273. The lowest BCUT2D eigenvalue weighted by Crippen LogP contribution is -2.48. The first-order valence-electron chi connectivity index (χ1n) is 9.75. The van der Waals surface area contributed by atoms with Crippen LogP contribution >= 0.6 is 0 Å². The highest BCUT2D eigenvalue weighted by molar-refractivity contribution is 7.91. The summed E-state index contributed by atoms with van der Waals surface area (Å²) in [5.41, 5.74) is 1.79. The quantitative estimate of drug-likeness (QED) is 0.639. The van der Waals surface area contributed by atoms with Crippen LogP contribution in [0.15, 0.2) is 68.9 Å². The summed E-state index contributed by atoms with van der Waals surface area (Å²) in [7, 11) is -3.87. The van der Waals surface area contributed by atoms with Crippen LogP contribution in [0.4, 0.5) is 5.88 Å². The molecule has 0 saturated carbocycles. The van der Waals surface area contributed by atoms with Crippen molar-refractivity contribution in [1.82, 2.24) is 9.88 Å². The second-order valence-electron chi connectivity index (χ2n) is 7.30. The molecule has 0 N–H and O–H groups in total. The van der Waals surface area contributed by atoms with Gasteiger partial charge in [0.05, 0.1) is 4.90 Å². The van der Waals surface area contributed by atoms with Gasteiger partial charge < -0.3 is 14.2 Å². The lowest BCUT2D eigenvalue weighted by Gasteiger charge is -2.34. The fourth-order valence-electron chi connectivity index (χ4n) is 3.43. The van der Waals surface area contributed by atoms with Crippen LogP contribution in [0.2, 0.25) is 0 Å². The number of benzene rings is 2. The summed E-state index contributed by atoms with van der Waals surface area (Å²) in [5.74, 6) is 0.482. The van der Waals surface area contributed by atoms with Gasteiger partial charge in [-0.1, -0.05) is 35.9 Å². The predicted octanol–water partition coefficient (Wildman–Crippen LogP) is 3.15. The van der Waals surface area contributed by atoms with Crippen LogP contribution < -0.4 is 4.90 Å². The van der Waals surface area contributed by atoms with Gasteiger partial charge in [0.1, 0.15) is 0 Å². The van der Waals surface area contributed by atoms with E-state index in [0.29, 0.717) is 31.7 Å². The average Bonchev–Trinajstić information content (AvgIpc) is 3.21. The highest BCUT2D eigenvalue weighted by Gasteiger charge is 2.33. The third kappa shape index (κ3) is 3.82. The number of carbonyl (C=O) groups is 1. The van der Waals surface area contributed by atoms with Crippen LogP contribution in [0, 0.1) is 6.92 Å². The number of hydrogen-bond donors (Lipinski definition) is 0. The Labute approximate surface area is 175 Å². The molecule has 7 nitrogen and oxygen atoms in total. The topological polar surface area (TPSA) is 83.7 Å². The zero-order valence-electron chi connectivity index (χ0n) is 16.9. The fourth-order valence-corrected chi connectivity index (χ4v) is 4.77. The molecular weight excluding hydrogens is 402 g/mol. The standard InChI is InChI=1S/C22H23N3O4S/c1-16-8-10-18(11-9-16)20-23-21(30(27,28)19-6-4-3-5-7-19)22(29-20)25-14-12-24(13-15-25)17(2)26/h3-11H,12-15H2,1-2H3. The number of carbonyl (C=O) groups excluding carboxylic acids is 1. The van der Waals surface area contributed by atoms with E-state index in [1.54, 1.807) is 35.2 Å². The predicted molar refractivity (Wildman–Crippen MR) is 113 cm³/mol. The summed E-state index contributed by atoms with van der Waals surface area (Å²) in [6.45, 7) is 5.45. The SMILES string of the molecule is CC(=O)N1CCN(c2oc(-c3ccc(C)cc3)nc2S(=O)(=O)c2ccccc2)CC1. The van der Waals surface area contributed by atoms with Crippen LogP contribution in [0.5, 0.6) is 0 Å². The van der Waals surface area contributed by atoms with Crippen molar-refractivity contribution in [2.45, 2.75) is 23.8 Å². The highest BCUT2D eigenvalue weighted by Crippen LogP contribution is 2.35. The molecule has 1 aromatic heterocycles. The van der Waals surface area contributed by atoms with Crippen LogP contribution in [-0.4, -0.2) is 50.4 Å². The zero-order chi connectivity index (χ0) is 21.3. The van der Waals surface area contributed by atoms with Crippen LogP contribution in [-0.2, 0) is 14.6 Å². The van der Waals surface area contributed by atoms with E-state index in [-0.39, 0.29) is 27.6 Å². The molecule has 1 aliphatic heterocycles. The first-order valence-corrected chi connectivity index (χ1v) is 11.2. The molecule has 4 rings (SSSR count).